The zero-order valence-electron chi connectivity index (χ0n) is 11.2. The molecule has 0 radical (unpaired) electrons. The molecule has 1 saturated heterocycles. The Labute approximate surface area is 122 Å². The predicted molar refractivity (Wildman–Crippen MR) is 76.8 cm³/mol. The van der Waals surface area contributed by atoms with Crippen LogP contribution in [-0.4, -0.2) is 72.6 Å². The first-order valence-electron chi connectivity index (χ1n) is 6.63. The van der Waals surface area contributed by atoms with Crippen LogP contribution in [-0.2, 0) is 4.79 Å². The fourth-order valence-electron chi connectivity index (χ4n) is 2.12. The van der Waals surface area contributed by atoms with E-state index in [0.717, 1.165) is 13.1 Å². The summed E-state index contributed by atoms with van der Waals surface area (Å²) < 4.78 is 0. The Hall–Kier alpha value is -1.44. The Bertz CT molecular complexity index is 442. The molecule has 1 aliphatic heterocycles. The van der Waals surface area contributed by atoms with Gasteiger partial charge in [-0.05, 0) is 11.4 Å². The van der Waals surface area contributed by atoms with E-state index in [0.29, 0.717) is 24.5 Å². The van der Waals surface area contributed by atoms with Crippen molar-refractivity contribution in [2.24, 2.45) is 0 Å². The Balaban J connectivity index is 1.72. The lowest BCUT2D eigenvalue weighted by molar-refractivity contribution is -0.131. The third-order valence-corrected chi connectivity index (χ3v) is 4.15. The fourth-order valence-corrected chi connectivity index (χ4v) is 2.76. The molecule has 1 aromatic heterocycles. The summed E-state index contributed by atoms with van der Waals surface area (Å²) in [6, 6.07) is 3.54. The number of β-amino-alcohol motifs (C(OH)–C–C–N with tert-alkyl or cyclic N) is 1. The Kier molecular flexibility index (Phi) is 5.51. The smallest absolute Gasteiger partial charge is 0.261 e. The van der Waals surface area contributed by atoms with E-state index < -0.39 is 0 Å². The highest BCUT2D eigenvalue weighted by atomic mass is 32.1. The first kappa shape index (κ1) is 15.0. The molecule has 1 aromatic rings. The summed E-state index contributed by atoms with van der Waals surface area (Å²) >= 11 is 1.36. The summed E-state index contributed by atoms with van der Waals surface area (Å²) in [5, 5.41) is 13.3. The van der Waals surface area contributed by atoms with Gasteiger partial charge in [-0.25, -0.2) is 0 Å². The molecule has 0 spiro atoms. The van der Waals surface area contributed by atoms with Gasteiger partial charge in [0.15, 0.2) is 0 Å². The lowest BCUT2D eigenvalue weighted by atomic mass is 10.3. The topological polar surface area (TPSA) is 72.9 Å². The van der Waals surface area contributed by atoms with Gasteiger partial charge in [-0.2, -0.15) is 0 Å². The van der Waals surface area contributed by atoms with E-state index in [2.05, 4.69) is 10.2 Å². The third kappa shape index (κ3) is 4.03. The fraction of sp³-hybridized carbons (Fsp3) is 0.538. The summed E-state index contributed by atoms with van der Waals surface area (Å²) in [5.74, 6) is -0.258. The number of amides is 2. The van der Waals surface area contributed by atoms with Crippen molar-refractivity contribution in [3.63, 3.8) is 0 Å². The van der Waals surface area contributed by atoms with Gasteiger partial charge >= 0.3 is 0 Å². The minimum Gasteiger partial charge on any atom is -0.395 e. The van der Waals surface area contributed by atoms with Crippen LogP contribution in [0.5, 0.6) is 0 Å². The highest BCUT2D eigenvalue weighted by molar-refractivity contribution is 7.12. The van der Waals surface area contributed by atoms with Crippen LogP contribution in [0.15, 0.2) is 17.5 Å². The van der Waals surface area contributed by atoms with Gasteiger partial charge in [-0.3, -0.25) is 14.5 Å². The van der Waals surface area contributed by atoms with Crippen molar-refractivity contribution >= 4 is 23.2 Å². The Morgan fingerprint density at radius 3 is 2.65 bits per heavy atom. The Morgan fingerprint density at radius 2 is 2.05 bits per heavy atom. The van der Waals surface area contributed by atoms with E-state index in [1.807, 2.05) is 11.4 Å². The molecule has 2 amide bonds. The van der Waals surface area contributed by atoms with E-state index >= 15 is 0 Å². The monoisotopic (exact) mass is 297 g/mol. The number of rotatable bonds is 5. The van der Waals surface area contributed by atoms with Gasteiger partial charge in [0.1, 0.15) is 0 Å². The highest BCUT2D eigenvalue weighted by Crippen LogP contribution is 2.07. The Morgan fingerprint density at radius 1 is 1.30 bits per heavy atom. The van der Waals surface area contributed by atoms with Crippen molar-refractivity contribution in [3.8, 4) is 0 Å². The molecule has 1 fully saturated rings. The van der Waals surface area contributed by atoms with Gasteiger partial charge in [0.25, 0.3) is 5.91 Å². The molecule has 0 aliphatic carbocycles. The zero-order valence-corrected chi connectivity index (χ0v) is 12.1. The maximum atomic E-state index is 12.0. The van der Waals surface area contributed by atoms with Crippen molar-refractivity contribution in [1.29, 1.82) is 0 Å². The predicted octanol–water partition coefficient (Wildman–Crippen LogP) is -0.386. The van der Waals surface area contributed by atoms with Crippen molar-refractivity contribution in [3.05, 3.63) is 22.4 Å². The largest absolute Gasteiger partial charge is 0.395 e. The highest BCUT2D eigenvalue weighted by Gasteiger charge is 2.21. The number of thiophene rings is 1. The first-order chi connectivity index (χ1) is 9.70. The van der Waals surface area contributed by atoms with Crippen LogP contribution in [0, 0.1) is 0 Å². The van der Waals surface area contributed by atoms with Gasteiger partial charge in [-0.1, -0.05) is 6.07 Å². The van der Waals surface area contributed by atoms with Crippen LogP contribution in [0.1, 0.15) is 9.67 Å². The second kappa shape index (κ2) is 7.37. The number of nitrogens with one attached hydrogen (secondary N) is 1. The number of hydrogen-bond donors (Lipinski definition) is 2. The molecule has 0 bridgehead atoms. The number of carbonyl (C=O) groups excluding carboxylic acids is 2. The molecule has 2 rings (SSSR count). The van der Waals surface area contributed by atoms with Crippen molar-refractivity contribution in [2.75, 3.05) is 45.9 Å². The lowest BCUT2D eigenvalue weighted by Gasteiger charge is -2.34. The standard InChI is InChI=1S/C13H19N3O3S/c17-8-7-15-3-5-16(6-4-15)12(18)10-14-13(19)11-2-1-9-20-11/h1-2,9,17H,3-8,10H2,(H,14,19). The van der Waals surface area contributed by atoms with Gasteiger partial charge in [0.05, 0.1) is 18.0 Å². The minimum atomic E-state index is -0.202. The van der Waals surface area contributed by atoms with Gasteiger partial charge in [0, 0.05) is 32.7 Å². The van der Waals surface area contributed by atoms with Crippen molar-refractivity contribution in [2.45, 2.75) is 0 Å². The molecule has 20 heavy (non-hydrogen) atoms. The van der Waals surface area contributed by atoms with Crippen LogP contribution in [0.2, 0.25) is 0 Å². The summed E-state index contributed by atoms with van der Waals surface area (Å²) in [7, 11) is 0. The van der Waals surface area contributed by atoms with Gasteiger partial charge < -0.3 is 15.3 Å². The van der Waals surface area contributed by atoms with Crippen LogP contribution in [0.25, 0.3) is 0 Å². The third-order valence-electron chi connectivity index (χ3n) is 3.29. The normalized spacial score (nSPS) is 16.1. The summed E-state index contributed by atoms with van der Waals surface area (Å²) in [6.45, 7) is 3.66. The molecule has 0 unspecified atom stereocenters. The van der Waals surface area contributed by atoms with Crippen LogP contribution in [0.3, 0.4) is 0 Å². The van der Waals surface area contributed by atoms with Crippen LogP contribution >= 0.6 is 11.3 Å². The number of carbonyl (C=O) groups is 2. The molecule has 6 nitrogen and oxygen atoms in total. The molecule has 2 heterocycles. The van der Waals surface area contributed by atoms with E-state index in [9.17, 15) is 9.59 Å². The first-order valence-corrected chi connectivity index (χ1v) is 7.51. The number of nitrogens with zero attached hydrogens (tertiary/aromatic N) is 2. The summed E-state index contributed by atoms with van der Waals surface area (Å²) in [5.41, 5.74) is 0. The number of piperazine rings is 1. The lowest BCUT2D eigenvalue weighted by Crippen LogP contribution is -2.51. The average Bonchev–Trinajstić information content (AvgIpc) is 3.00. The van der Waals surface area contributed by atoms with E-state index in [4.69, 9.17) is 5.11 Å². The molecule has 0 atom stereocenters. The summed E-state index contributed by atoms with van der Waals surface area (Å²) in [4.78, 5) is 28.2. The van der Waals surface area contributed by atoms with E-state index in [1.165, 1.54) is 11.3 Å². The minimum absolute atomic E-state index is 0.0384. The van der Waals surface area contributed by atoms with Crippen LogP contribution < -0.4 is 5.32 Å². The molecular weight excluding hydrogens is 278 g/mol. The molecule has 0 saturated carbocycles. The number of aliphatic hydroxyl groups excluding tert-OH is 1. The van der Waals surface area contributed by atoms with Crippen molar-refractivity contribution in [1.82, 2.24) is 15.1 Å². The SMILES string of the molecule is O=C(NCC(=O)N1CCN(CCO)CC1)c1cccs1. The molecule has 110 valence electrons. The molecule has 0 aromatic carbocycles. The van der Waals surface area contributed by atoms with Crippen molar-refractivity contribution < 1.29 is 14.7 Å². The van der Waals surface area contributed by atoms with Gasteiger partial charge in [-0.15, -0.1) is 11.3 Å². The van der Waals surface area contributed by atoms with Crippen LogP contribution in [0.4, 0.5) is 0 Å². The second-order valence-electron chi connectivity index (χ2n) is 4.61. The number of hydrogen-bond acceptors (Lipinski definition) is 5. The van der Waals surface area contributed by atoms with Gasteiger partial charge in [0.2, 0.25) is 5.91 Å². The van der Waals surface area contributed by atoms with E-state index in [1.54, 1.807) is 11.0 Å². The summed E-state index contributed by atoms with van der Waals surface area (Å²) in [6.07, 6.45) is 0. The molecule has 2 N–H and O–H groups in total. The zero-order chi connectivity index (χ0) is 14.4. The molecule has 7 heteroatoms. The quantitative estimate of drug-likeness (QED) is 0.777. The molecular formula is C13H19N3O3S. The average molecular weight is 297 g/mol. The second-order valence-corrected chi connectivity index (χ2v) is 5.55. The maximum absolute atomic E-state index is 12.0. The maximum Gasteiger partial charge on any atom is 0.261 e. The van der Waals surface area contributed by atoms with E-state index in [-0.39, 0.29) is 25.0 Å². The molecule has 1 aliphatic rings. The number of aliphatic hydroxyl groups is 1.